The molecule has 1 rings (SSSR count). The van der Waals surface area contributed by atoms with Crippen LogP contribution >= 0.6 is 0 Å². The van der Waals surface area contributed by atoms with E-state index in [1.165, 1.54) is 0 Å². The molecule has 0 aromatic rings. The fraction of sp³-hybridized carbons (Fsp3) is 0.909. The molecular formula is C11H22N2O2. The number of rotatable bonds is 2. The molecule has 0 aromatic carbocycles. The highest BCUT2D eigenvalue weighted by molar-refractivity contribution is 5.85. The SMILES string of the molecule is CCC(C)(N)C(=O)N1CCC(O)C(C)C1. The zero-order valence-corrected chi connectivity index (χ0v) is 9.86. The Morgan fingerprint density at radius 3 is 2.73 bits per heavy atom. The van der Waals surface area contributed by atoms with Crippen molar-refractivity contribution >= 4 is 5.91 Å². The molecule has 0 aromatic heterocycles. The molecule has 1 amide bonds. The van der Waals surface area contributed by atoms with E-state index in [2.05, 4.69) is 0 Å². The minimum Gasteiger partial charge on any atom is -0.393 e. The quantitative estimate of drug-likeness (QED) is 0.696. The van der Waals surface area contributed by atoms with Crippen LogP contribution in [0.2, 0.25) is 0 Å². The van der Waals surface area contributed by atoms with Gasteiger partial charge in [0.2, 0.25) is 5.91 Å². The minimum atomic E-state index is -0.762. The van der Waals surface area contributed by atoms with E-state index in [0.717, 1.165) is 0 Å². The number of carbonyl (C=O) groups excluding carboxylic acids is 1. The number of aliphatic hydroxyl groups is 1. The van der Waals surface area contributed by atoms with Crippen molar-refractivity contribution < 1.29 is 9.90 Å². The third-order valence-electron chi connectivity index (χ3n) is 3.37. The van der Waals surface area contributed by atoms with Gasteiger partial charge in [-0.2, -0.15) is 0 Å². The average Bonchev–Trinajstić information content (AvgIpc) is 2.21. The molecule has 0 aliphatic carbocycles. The molecular weight excluding hydrogens is 192 g/mol. The van der Waals surface area contributed by atoms with Crippen LogP contribution in [0.5, 0.6) is 0 Å². The summed E-state index contributed by atoms with van der Waals surface area (Å²) < 4.78 is 0. The van der Waals surface area contributed by atoms with Crippen LogP contribution in [-0.2, 0) is 4.79 Å². The van der Waals surface area contributed by atoms with Gasteiger partial charge in [0, 0.05) is 13.1 Å². The Labute approximate surface area is 91.4 Å². The van der Waals surface area contributed by atoms with Crippen molar-refractivity contribution in [2.75, 3.05) is 13.1 Å². The van der Waals surface area contributed by atoms with E-state index in [1.54, 1.807) is 11.8 Å². The Hall–Kier alpha value is -0.610. The van der Waals surface area contributed by atoms with E-state index < -0.39 is 5.54 Å². The molecule has 1 aliphatic rings. The zero-order valence-electron chi connectivity index (χ0n) is 9.86. The van der Waals surface area contributed by atoms with E-state index in [-0.39, 0.29) is 17.9 Å². The standard InChI is InChI=1S/C11H22N2O2/c1-4-11(3,12)10(15)13-6-5-9(14)8(2)7-13/h8-9,14H,4-7,12H2,1-3H3. The maximum Gasteiger partial charge on any atom is 0.242 e. The monoisotopic (exact) mass is 214 g/mol. The van der Waals surface area contributed by atoms with Crippen LogP contribution < -0.4 is 5.73 Å². The maximum absolute atomic E-state index is 12.0. The zero-order chi connectivity index (χ0) is 11.6. The number of hydrogen-bond acceptors (Lipinski definition) is 3. The normalized spacial score (nSPS) is 31.1. The van der Waals surface area contributed by atoms with Gasteiger partial charge < -0.3 is 15.7 Å². The summed E-state index contributed by atoms with van der Waals surface area (Å²) in [5.74, 6) is 0.152. The van der Waals surface area contributed by atoms with Gasteiger partial charge in [0.05, 0.1) is 11.6 Å². The summed E-state index contributed by atoms with van der Waals surface area (Å²) >= 11 is 0. The lowest BCUT2D eigenvalue weighted by Crippen LogP contribution is -2.56. The van der Waals surface area contributed by atoms with Crippen LogP contribution in [0, 0.1) is 5.92 Å². The number of nitrogens with zero attached hydrogens (tertiary/aromatic N) is 1. The van der Waals surface area contributed by atoms with Crippen molar-refractivity contribution in [3.05, 3.63) is 0 Å². The molecule has 0 saturated carbocycles. The van der Waals surface area contributed by atoms with Crippen molar-refractivity contribution in [2.24, 2.45) is 11.7 Å². The highest BCUT2D eigenvalue weighted by atomic mass is 16.3. The summed E-state index contributed by atoms with van der Waals surface area (Å²) in [6.45, 7) is 6.89. The number of carbonyl (C=O) groups is 1. The van der Waals surface area contributed by atoms with E-state index in [4.69, 9.17) is 5.73 Å². The number of hydrogen-bond donors (Lipinski definition) is 2. The van der Waals surface area contributed by atoms with Gasteiger partial charge in [0.15, 0.2) is 0 Å². The van der Waals surface area contributed by atoms with Crippen molar-refractivity contribution in [3.63, 3.8) is 0 Å². The second-order valence-corrected chi connectivity index (χ2v) is 4.86. The van der Waals surface area contributed by atoms with Crippen molar-refractivity contribution in [3.8, 4) is 0 Å². The largest absolute Gasteiger partial charge is 0.393 e. The van der Waals surface area contributed by atoms with Gasteiger partial charge in [0.1, 0.15) is 0 Å². The van der Waals surface area contributed by atoms with Crippen molar-refractivity contribution in [1.82, 2.24) is 4.90 Å². The highest BCUT2D eigenvalue weighted by Gasteiger charge is 2.34. The molecule has 1 aliphatic heterocycles. The number of amides is 1. The van der Waals surface area contributed by atoms with Gasteiger partial charge in [-0.3, -0.25) is 4.79 Å². The molecule has 4 heteroatoms. The first kappa shape index (κ1) is 12.5. The first-order chi connectivity index (χ1) is 6.88. The van der Waals surface area contributed by atoms with Crippen molar-refractivity contribution in [1.29, 1.82) is 0 Å². The van der Waals surface area contributed by atoms with Crippen LogP contribution in [0.4, 0.5) is 0 Å². The van der Waals surface area contributed by atoms with Gasteiger partial charge in [-0.1, -0.05) is 13.8 Å². The predicted molar refractivity (Wildman–Crippen MR) is 59.3 cm³/mol. The van der Waals surface area contributed by atoms with Gasteiger partial charge in [-0.15, -0.1) is 0 Å². The minimum absolute atomic E-state index is 0.00347. The first-order valence-corrected chi connectivity index (χ1v) is 5.64. The Balaban J connectivity index is 2.62. The topological polar surface area (TPSA) is 66.6 Å². The lowest BCUT2D eigenvalue weighted by molar-refractivity contribution is -0.140. The number of likely N-dealkylation sites (tertiary alicyclic amines) is 1. The Bertz CT molecular complexity index is 241. The summed E-state index contributed by atoms with van der Waals surface area (Å²) in [5.41, 5.74) is 5.15. The van der Waals surface area contributed by atoms with E-state index in [0.29, 0.717) is 25.9 Å². The number of nitrogens with two attached hydrogens (primary N) is 1. The van der Waals surface area contributed by atoms with Gasteiger partial charge in [-0.25, -0.2) is 0 Å². The molecule has 3 atom stereocenters. The molecule has 1 heterocycles. The summed E-state index contributed by atoms with van der Waals surface area (Å²) in [4.78, 5) is 13.8. The van der Waals surface area contributed by atoms with Crippen LogP contribution in [0.25, 0.3) is 0 Å². The molecule has 15 heavy (non-hydrogen) atoms. The Morgan fingerprint density at radius 1 is 1.67 bits per heavy atom. The third kappa shape index (κ3) is 2.69. The lowest BCUT2D eigenvalue weighted by Gasteiger charge is -2.38. The van der Waals surface area contributed by atoms with E-state index >= 15 is 0 Å². The molecule has 0 spiro atoms. The summed E-state index contributed by atoms with van der Waals surface area (Å²) in [6.07, 6.45) is 1.02. The summed E-state index contributed by atoms with van der Waals surface area (Å²) in [5, 5.41) is 9.57. The molecule has 1 fully saturated rings. The third-order valence-corrected chi connectivity index (χ3v) is 3.37. The van der Waals surface area contributed by atoms with Crippen LogP contribution in [0.15, 0.2) is 0 Å². The van der Waals surface area contributed by atoms with Gasteiger partial charge in [0.25, 0.3) is 0 Å². The smallest absolute Gasteiger partial charge is 0.242 e. The van der Waals surface area contributed by atoms with Crippen LogP contribution in [0.1, 0.15) is 33.6 Å². The highest BCUT2D eigenvalue weighted by Crippen LogP contribution is 2.20. The number of aliphatic hydroxyl groups excluding tert-OH is 1. The Morgan fingerprint density at radius 2 is 2.27 bits per heavy atom. The second kappa shape index (κ2) is 4.49. The van der Waals surface area contributed by atoms with Crippen molar-refractivity contribution in [2.45, 2.75) is 45.3 Å². The molecule has 4 nitrogen and oxygen atoms in total. The number of piperidine rings is 1. The molecule has 3 unspecified atom stereocenters. The Kier molecular flexibility index (Phi) is 3.73. The molecule has 0 bridgehead atoms. The van der Waals surface area contributed by atoms with Crippen LogP contribution in [0.3, 0.4) is 0 Å². The predicted octanol–water partition coefficient (Wildman–Crippen LogP) is 0.343. The lowest BCUT2D eigenvalue weighted by atomic mass is 9.93. The van der Waals surface area contributed by atoms with Crippen LogP contribution in [-0.4, -0.2) is 40.6 Å². The van der Waals surface area contributed by atoms with Gasteiger partial charge >= 0.3 is 0 Å². The second-order valence-electron chi connectivity index (χ2n) is 4.86. The molecule has 3 N–H and O–H groups in total. The molecule has 1 saturated heterocycles. The first-order valence-electron chi connectivity index (χ1n) is 5.64. The van der Waals surface area contributed by atoms with E-state index in [1.807, 2.05) is 13.8 Å². The summed E-state index contributed by atoms with van der Waals surface area (Å²) in [6, 6.07) is 0. The maximum atomic E-state index is 12.0. The fourth-order valence-corrected chi connectivity index (χ4v) is 1.83. The van der Waals surface area contributed by atoms with Gasteiger partial charge in [-0.05, 0) is 25.7 Å². The average molecular weight is 214 g/mol. The molecule has 0 radical (unpaired) electrons. The molecule has 88 valence electrons. The van der Waals surface area contributed by atoms with E-state index in [9.17, 15) is 9.90 Å². The summed E-state index contributed by atoms with van der Waals surface area (Å²) in [7, 11) is 0. The fourth-order valence-electron chi connectivity index (χ4n) is 1.83.